The lowest BCUT2D eigenvalue weighted by Crippen LogP contribution is -2.51. The van der Waals surface area contributed by atoms with Crippen molar-refractivity contribution in [3.63, 3.8) is 0 Å². The van der Waals surface area contributed by atoms with Gasteiger partial charge in [-0.2, -0.15) is 0 Å². The van der Waals surface area contributed by atoms with Crippen LogP contribution in [-0.4, -0.2) is 56.6 Å². The van der Waals surface area contributed by atoms with Crippen LogP contribution < -0.4 is 9.62 Å². The van der Waals surface area contributed by atoms with Gasteiger partial charge in [-0.25, -0.2) is 8.42 Å². The molecule has 0 aliphatic carbocycles. The van der Waals surface area contributed by atoms with Crippen LogP contribution in [-0.2, 0) is 26.0 Å². The van der Waals surface area contributed by atoms with Gasteiger partial charge in [0.25, 0.3) is 0 Å². The zero-order chi connectivity index (χ0) is 25.1. The van der Waals surface area contributed by atoms with Gasteiger partial charge in [0, 0.05) is 25.6 Å². The zero-order valence-corrected chi connectivity index (χ0v) is 21.4. The molecule has 0 aliphatic heterocycles. The molecular weight excluding hydrogens is 450 g/mol. The predicted octanol–water partition coefficient (Wildman–Crippen LogP) is 3.61. The van der Waals surface area contributed by atoms with Crippen LogP contribution in [0.4, 0.5) is 5.69 Å². The van der Waals surface area contributed by atoms with Crippen molar-refractivity contribution in [2.45, 2.75) is 58.5 Å². The Morgan fingerprint density at radius 1 is 0.941 bits per heavy atom. The fourth-order valence-electron chi connectivity index (χ4n) is 3.87. The van der Waals surface area contributed by atoms with Gasteiger partial charge in [0.1, 0.15) is 6.04 Å². The van der Waals surface area contributed by atoms with Crippen molar-refractivity contribution >= 4 is 27.5 Å². The fourth-order valence-corrected chi connectivity index (χ4v) is 4.84. The molecule has 0 unspecified atom stereocenters. The molecule has 7 nitrogen and oxygen atoms in total. The Kier molecular flexibility index (Phi) is 10.6. The Morgan fingerprint density at radius 2 is 1.53 bits per heavy atom. The number of benzene rings is 2. The summed E-state index contributed by atoms with van der Waals surface area (Å²) >= 11 is 0. The van der Waals surface area contributed by atoms with Crippen molar-refractivity contribution < 1.29 is 18.0 Å². The highest BCUT2D eigenvalue weighted by atomic mass is 32.2. The smallest absolute Gasteiger partial charge is 0.242 e. The molecule has 0 aromatic heterocycles. The van der Waals surface area contributed by atoms with Crippen LogP contribution in [0.15, 0.2) is 60.7 Å². The number of amides is 2. The Hall–Kier alpha value is -2.87. The van der Waals surface area contributed by atoms with Crippen molar-refractivity contribution in [1.29, 1.82) is 0 Å². The number of para-hydroxylation sites is 1. The summed E-state index contributed by atoms with van der Waals surface area (Å²) in [6.07, 6.45) is 2.80. The van der Waals surface area contributed by atoms with Crippen LogP contribution in [0, 0.1) is 0 Å². The molecule has 2 amide bonds. The molecule has 1 atom stereocenters. The van der Waals surface area contributed by atoms with E-state index in [0.29, 0.717) is 31.5 Å². The molecule has 0 radical (unpaired) electrons. The van der Waals surface area contributed by atoms with Crippen molar-refractivity contribution in [1.82, 2.24) is 10.2 Å². The quantitative estimate of drug-likeness (QED) is 0.468. The normalized spacial score (nSPS) is 12.3. The molecule has 0 spiro atoms. The maximum Gasteiger partial charge on any atom is 0.242 e. The van der Waals surface area contributed by atoms with E-state index in [1.54, 1.807) is 29.2 Å². The number of hydrogen-bond donors (Lipinski definition) is 1. The highest BCUT2D eigenvalue weighted by Gasteiger charge is 2.28. The minimum atomic E-state index is -3.49. The third-order valence-corrected chi connectivity index (χ3v) is 6.69. The van der Waals surface area contributed by atoms with Crippen LogP contribution in [0.5, 0.6) is 0 Å². The SMILES string of the molecule is CC[C@@H](C(=O)NC(C)C)N(CCc1ccccc1)C(=O)CCCN(c1ccccc1)S(C)(=O)=O. The number of anilines is 1. The third kappa shape index (κ3) is 8.48. The van der Waals surface area contributed by atoms with E-state index in [1.165, 1.54) is 4.31 Å². The van der Waals surface area contributed by atoms with Crippen LogP contribution in [0.25, 0.3) is 0 Å². The molecule has 0 aliphatic rings. The van der Waals surface area contributed by atoms with Crippen molar-refractivity contribution in [3.8, 4) is 0 Å². The molecule has 0 heterocycles. The predicted molar refractivity (Wildman–Crippen MR) is 137 cm³/mol. The lowest BCUT2D eigenvalue weighted by Gasteiger charge is -2.31. The minimum Gasteiger partial charge on any atom is -0.352 e. The lowest BCUT2D eigenvalue weighted by atomic mass is 10.1. The van der Waals surface area contributed by atoms with E-state index in [4.69, 9.17) is 0 Å². The number of nitrogens with one attached hydrogen (secondary N) is 1. The van der Waals surface area contributed by atoms with E-state index in [9.17, 15) is 18.0 Å². The Balaban J connectivity index is 2.13. The summed E-state index contributed by atoms with van der Waals surface area (Å²) < 4.78 is 26.0. The first-order valence-corrected chi connectivity index (χ1v) is 13.6. The number of hydrogen-bond acceptors (Lipinski definition) is 4. The standard InChI is InChI=1S/C26H37N3O4S/c1-5-24(26(31)27-21(2)3)28(20-18-22-13-8-6-9-14-22)25(30)17-12-19-29(34(4,32)33)23-15-10-7-11-16-23/h6-11,13-16,21,24H,5,12,17-20H2,1-4H3,(H,27,31)/t24-/m0/s1. The lowest BCUT2D eigenvalue weighted by molar-refractivity contribution is -0.141. The van der Waals surface area contributed by atoms with Gasteiger partial charge in [-0.15, -0.1) is 0 Å². The largest absolute Gasteiger partial charge is 0.352 e. The first-order chi connectivity index (χ1) is 16.1. The molecular formula is C26H37N3O4S. The molecule has 8 heteroatoms. The first kappa shape index (κ1) is 27.4. The molecule has 2 aromatic carbocycles. The summed E-state index contributed by atoms with van der Waals surface area (Å²) in [7, 11) is -3.49. The number of carbonyl (C=O) groups excluding carboxylic acids is 2. The van der Waals surface area contributed by atoms with Crippen LogP contribution in [0.2, 0.25) is 0 Å². The van der Waals surface area contributed by atoms with E-state index >= 15 is 0 Å². The van der Waals surface area contributed by atoms with Crippen molar-refractivity contribution in [2.24, 2.45) is 0 Å². The second-order valence-electron chi connectivity index (χ2n) is 8.68. The third-order valence-electron chi connectivity index (χ3n) is 5.50. The van der Waals surface area contributed by atoms with E-state index in [-0.39, 0.29) is 30.8 Å². The average Bonchev–Trinajstić information content (AvgIpc) is 2.79. The molecule has 0 saturated heterocycles. The van der Waals surface area contributed by atoms with Gasteiger partial charge in [-0.3, -0.25) is 13.9 Å². The second kappa shape index (κ2) is 13.1. The first-order valence-electron chi connectivity index (χ1n) is 11.8. The Bertz CT molecular complexity index is 1010. The van der Waals surface area contributed by atoms with Crippen LogP contribution in [0.1, 0.15) is 45.6 Å². The van der Waals surface area contributed by atoms with Crippen LogP contribution >= 0.6 is 0 Å². The summed E-state index contributed by atoms with van der Waals surface area (Å²) in [6, 6.07) is 18.1. The number of carbonyl (C=O) groups is 2. The van der Waals surface area contributed by atoms with Gasteiger partial charge in [0.15, 0.2) is 0 Å². The molecule has 0 bridgehead atoms. The highest BCUT2D eigenvalue weighted by molar-refractivity contribution is 7.92. The summed E-state index contributed by atoms with van der Waals surface area (Å²) in [5.74, 6) is -0.316. The fraction of sp³-hybridized carbons (Fsp3) is 0.462. The second-order valence-corrected chi connectivity index (χ2v) is 10.6. The Labute approximate surface area is 204 Å². The molecule has 2 rings (SSSR count). The molecule has 186 valence electrons. The van der Waals surface area contributed by atoms with Gasteiger partial charge >= 0.3 is 0 Å². The monoisotopic (exact) mass is 487 g/mol. The van der Waals surface area contributed by atoms with Gasteiger partial charge < -0.3 is 10.2 Å². The highest BCUT2D eigenvalue weighted by Crippen LogP contribution is 2.18. The average molecular weight is 488 g/mol. The summed E-state index contributed by atoms with van der Waals surface area (Å²) in [5.41, 5.74) is 1.66. The molecule has 0 fully saturated rings. The van der Waals surface area contributed by atoms with Crippen LogP contribution in [0.3, 0.4) is 0 Å². The summed E-state index contributed by atoms with van der Waals surface area (Å²) in [5, 5.41) is 2.92. The Morgan fingerprint density at radius 3 is 2.06 bits per heavy atom. The van der Waals surface area contributed by atoms with E-state index in [0.717, 1.165) is 11.8 Å². The maximum atomic E-state index is 13.3. The zero-order valence-electron chi connectivity index (χ0n) is 20.6. The number of nitrogens with zero attached hydrogens (tertiary/aromatic N) is 2. The van der Waals surface area contributed by atoms with E-state index in [1.807, 2.05) is 57.2 Å². The molecule has 34 heavy (non-hydrogen) atoms. The van der Waals surface area contributed by atoms with Gasteiger partial charge in [-0.1, -0.05) is 55.5 Å². The topological polar surface area (TPSA) is 86.8 Å². The van der Waals surface area contributed by atoms with Gasteiger partial charge in [0.05, 0.1) is 11.9 Å². The molecule has 0 saturated carbocycles. The van der Waals surface area contributed by atoms with Gasteiger partial charge in [-0.05, 0) is 50.8 Å². The van der Waals surface area contributed by atoms with Gasteiger partial charge in [0.2, 0.25) is 21.8 Å². The molecule has 2 aromatic rings. The summed E-state index contributed by atoms with van der Waals surface area (Å²) in [4.78, 5) is 27.8. The number of rotatable bonds is 13. The maximum absolute atomic E-state index is 13.3. The number of sulfonamides is 1. The van der Waals surface area contributed by atoms with E-state index < -0.39 is 16.1 Å². The summed E-state index contributed by atoms with van der Waals surface area (Å²) in [6.45, 7) is 6.29. The minimum absolute atomic E-state index is 0.0261. The molecule has 1 N–H and O–H groups in total. The van der Waals surface area contributed by atoms with Crippen molar-refractivity contribution in [3.05, 3.63) is 66.2 Å². The van der Waals surface area contributed by atoms with E-state index in [2.05, 4.69) is 5.32 Å². The van der Waals surface area contributed by atoms with Crippen molar-refractivity contribution in [2.75, 3.05) is 23.7 Å².